The normalized spacial score (nSPS) is 13.0. The van der Waals surface area contributed by atoms with Crippen molar-refractivity contribution in [1.29, 1.82) is 0 Å². The van der Waals surface area contributed by atoms with Crippen LogP contribution in [-0.2, 0) is 6.18 Å². The van der Waals surface area contributed by atoms with Gasteiger partial charge in [-0.15, -0.1) is 0 Å². The van der Waals surface area contributed by atoms with E-state index in [0.717, 1.165) is 12.1 Å². The summed E-state index contributed by atoms with van der Waals surface area (Å²) in [5.74, 6) is 0.0530. The van der Waals surface area contributed by atoms with Gasteiger partial charge in [0.15, 0.2) is 11.5 Å². The minimum Gasteiger partial charge on any atom is -0.504 e. The largest absolute Gasteiger partial charge is 0.504 e. The molecule has 0 saturated carbocycles. The van der Waals surface area contributed by atoms with E-state index in [1.54, 1.807) is 12.1 Å². The molecule has 0 aliphatic carbocycles. The van der Waals surface area contributed by atoms with Gasteiger partial charge < -0.3 is 14.9 Å². The van der Waals surface area contributed by atoms with Crippen molar-refractivity contribution in [2.75, 3.05) is 6.61 Å². The van der Waals surface area contributed by atoms with E-state index in [0.29, 0.717) is 0 Å². The maximum absolute atomic E-state index is 12.6. The van der Waals surface area contributed by atoms with Gasteiger partial charge in [-0.3, -0.25) is 0 Å². The second-order valence-electron chi connectivity index (χ2n) is 4.42. The standard InChI is InChI=1S/C15H13F3O3/c16-15(17,18)11-5-3-4-10(8-11)13(20)9-21-14-7-2-1-6-12(14)19/h1-8,13,19-20H,9H2. The Hall–Kier alpha value is -2.21. The molecule has 2 rings (SSSR count). The first-order valence-corrected chi connectivity index (χ1v) is 6.14. The molecule has 6 heteroatoms. The molecular weight excluding hydrogens is 285 g/mol. The molecule has 0 aliphatic heterocycles. The van der Waals surface area contributed by atoms with Crippen LogP contribution in [0.1, 0.15) is 17.2 Å². The summed E-state index contributed by atoms with van der Waals surface area (Å²) >= 11 is 0. The van der Waals surface area contributed by atoms with Crippen molar-refractivity contribution >= 4 is 0 Å². The first-order chi connectivity index (χ1) is 9.88. The fraction of sp³-hybridized carbons (Fsp3) is 0.200. The minimum atomic E-state index is -4.46. The molecule has 112 valence electrons. The molecule has 2 N–H and O–H groups in total. The summed E-state index contributed by atoms with van der Waals surface area (Å²) in [6.07, 6.45) is -5.69. The van der Waals surface area contributed by atoms with Crippen molar-refractivity contribution in [3.63, 3.8) is 0 Å². The van der Waals surface area contributed by atoms with Gasteiger partial charge in [0.25, 0.3) is 0 Å². The zero-order valence-electron chi connectivity index (χ0n) is 10.8. The fourth-order valence-electron chi connectivity index (χ4n) is 1.77. The van der Waals surface area contributed by atoms with E-state index in [4.69, 9.17) is 4.74 Å². The third-order valence-electron chi connectivity index (χ3n) is 2.86. The lowest BCUT2D eigenvalue weighted by Crippen LogP contribution is -2.12. The first kappa shape index (κ1) is 15.2. The predicted octanol–water partition coefficient (Wildman–Crippen LogP) is 3.52. The molecule has 2 aromatic carbocycles. The molecule has 1 atom stereocenters. The topological polar surface area (TPSA) is 49.7 Å². The van der Waals surface area contributed by atoms with E-state index in [1.165, 1.54) is 24.3 Å². The zero-order valence-corrected chi connectivity index (χ0v) is 10.8. The second kappa shape index (κ2) is 6.05. The smallest absolute Gasteiger partial charge is 0.416 e. The highest BCUT2D eigenvalue weighted by Gasteiger charge is 2.30. The average Bonchev–Trinajstić information content (AvgIpc) is 2.45. The lowest BCUT2D eigenvalue weighted by Gasteiger charge is -2.15. The lowest BCUT2D eigenvalue weighted by molar-refractivity contribution is -0.137. The summed E-state index contributed by atoms with van der Waals surface area (Å²) in [5, 5.41) is 19.4. The maximum atomic E-state index is 12.6. The summed E-state index contributed by atoms with van der Waals surface area (Å²) in [5.41, 5.74) is -0.734. The number of hydrogen-bond donors (Lipinski definition) is 2. The molecule has 1 unspecified atom stereocenters. The molecule has 21 heavy (non-hydrogen) atoms. The molecule has 3 nitrogen and oxygen atoms in total. The van der Waals surface area contributed by atoms with Gasteiger partial charge >= 0.3 is 6.18 Å². The van der Waals surface area contributed by atoms with Crippen LogP contribution in [0.5, 0.6) is 11.5 Å². The van der Waals surface area contributed by atoms with Crippen LogP contribution in [-0.4, -0.2) is 16.8 Å². The lowest BCUT2D eigenvalue weighted by atomic mass is 10.1. The number of hydrogen-bond acceptors (Lipinski definition) is 3. The van der Waals surface area contributed by atoms with E-state index in [1.807, 2.05) is 0 Å². The number of phenols is 1. The summed E-state index contributed by atoms with van der Waals surface area (Å²) in [6.45, 7) is -0.265. The number of alkyl halides is 3. The van der Waals surface area contributed by atoms with Crippen molar-refractivity contribution in [2.24, 2.45) is 0 Å². The Bertz CT molecular complexity index is 611. The number of aromatic hydroxyl groups is 1. The Balaban J connectivity index is 2.07. The number of phenolic OH excluding ortho intramolecular Hbond substituents is 1. The summed E-state index contributed by atoms with van der Waals surface area (Å²) in [4.78, 5) is 0. The number of rotatable bonds is 4. The molecule has 0 heterocycles. The van der Waals surface area contributed by atoms with Crippen LogP contribution in [0.3, 0.4) is 0 Å². The molecule has 0 bridgehead atoms. The SMILES string of the molecule is Oc1ccccc1OCC(O)c1cccc(C(F)(F)F)c1. The second-order valence-corrected chi connectivity index (χ2v) is 4.42. The van der Waals surface area contributed by atoms with Crippen LogP contribution in [0.4, 0.5) is 13.2 Å². The van der Waals surface area contributed by atoms with Crippen LogP contribution in [0.25, 0.3) is 0 Å². The van der Waals surface area contributed by atoms with Gasteiger partial charge in [-0.1, -0.05) is 24.3 Å². The van der Waals surface area contributed by atoms with Crippen molar-refractivity contribution in [2.45, 2.75) is 12.3 Å². The van der Waals surface area contributed by atoms with Crippen LogP contribution in [0.15, 0.2) is 48.5 Å². The van der Waals surface area contributed by atoms with Gasteiger partial charge in [0.1, 0.15) is 12.7 Å². The fourth-order valence-corrected chi connectivity index (χ4v) is 1.77. The molecule has 0 aliphatic rings. The zero-order chi connectivity index (χ0) is 15.5. The quantitative estimate of drug-likeness (QED) is 0.908. The Morgan fingerprint density at radius 3 is 2.43 bits per heavy atom. The molecule has 0 fully saturated rings. The van der Waals surface area contributed by atoms with Crippen molar-refractivity contribution in [3.8, 4) is 11.5 Å². The molecule has 0 radical (unpaired) electrons. The highest BCUT2D eigenvalue weighted by Crippen LogP contribution is 2.31. The Kier molecular flexibility index (Phi) is 4.37. The number of ether oxygens (including phenoxy) is 1. The van der Waals surface area contributed by atoms with E-state index >= 15 is 0 Å². The van der Waals surface area contributed by atoms with Crippen molar-refractivity contribution in [3.05, 3.63) is 59.7 Å². The predicted molar refractivity (Wildman–Crippen MR) is 70.0 cm³/mol. The first-order valence-electron chi connectivity index (χ1n) is 6.14. The van der Waals surface area contributed by atoms with Crippen LogP contribution >= 0.6 is 0 Å². The van der Waals surface area contributed by atoms with Gasteiger partial charge in [-0.2, -0.15) is 13.2 Å². The molecule has 0 spiro atoms. The van der Waals surface area contributed by atoms with Gasteiger partial charge in [0.2, 0.25) is 0 Å². The van der Waals surface area contributed by atoms with E-state index < -0.39 is 17.8 Å². The highest BCUT2D eigenvalue weighted by molar-refractivity contribution is 5.38. The van der Waals surface area contributed by atoms with Crippen LogP contribution < -0.4 is 4.74 Å². The molecule has 0 aromatic heterocycles. The summed E-state index contributed by atoms with van der Waals surface area (Å²) in [7, 11) is 0. The van der Waals surface area contributed by atoms with Crippen molar-refractivity contribution in [1.82, 2.24) is 0 Å². The minimum absolute atomic E-state index is 0.0974. The van der Waals surface area contributed by atoms with Gasteiger partial charge in [0, 0.05) is 0 Å². The number of halogens is 3. The average molecular weight is 298 g/mol. The third-order valence-corrected chi connectivity index (χ3v) is 2.86. The molecule has 0 saturated heterocycles. The Labute approximate surface area is 119 Å². The number of aliphatic hydroxyl groups is 1. The summed E-state index contributed by atoms with van der Waals surface area (Å²) < 4.78 is 43.0. The monoisotopic (exact) mass is 298 g/mol. The van der Waals surface area contributed by atoms with Gasteiger partial charge in [-0.25, -0.2) is 0 Å². The van der Waals surface area contributed by atoms with Crippen molar-refractivity contribution < 1.29 is 28.1 Å². The Morgan fingerprint density at radius 2 is 1.76 bits per heavy atom. The number of para-hydroxylation sites is 2. The molecule has 0 amide bonds. The molecular formula is C15H13F3O3. The number of aliphatic hydroxyl groups excluding tert-OH is 1. The van der Waals surface area contributed by atoms with Crippen LogP contribution in [0, 0.1) is 0 Å². The maximum Gasteiger partial charge on any atom is 0.416 e. The van der Waals surface area contributed by atoms with E-state index in [2.05, 4.69) is 0 Å². The van der Waals surface area contributed by atoms with E-state index in [-0.39, 0.29) is 23.7 Å². The van der Waals surface area contributed by atoms with Crippen LogP contribution in [0.2, 0.25) is 0 Å². The third kappa shape index (κ3) is 3.88. The highest BCUT2D eigenvalue weighted by atomic mass is 19.4. The van der Waals surface area contributed by atoms with Gasteiger partial charge in [-0.05, 0) is 29.8 Å². The molecule has 2 aromatic rings. The van der Waals surface area contributed by atoms with E-state index in [9.17, 15) is 23.4 Å². The summed E-state index contributed by atoms with van der Waals surface area (Å²) in [6, 6.07) is 10.5. The van der Waals surface area contributed by atoms with Gasteiger partial charge in [0.05, 0.1) is 5.56 Å². The number of benzene rings is 2. The Morgan fingerprint density at radius 1 is 1.05 bits per heavy atom.